The lowest BCUT2D eigenvalue weighted by Crippen LogP contribution is -2.44. The highest BCUT2D eigenvalue weighted by molar-refractivity contribution is 5.41. The van der Waals surface area contributed by atoms with Gasteiger partial charge in [-0.1, -0.05) is 0 Å². The van der Waals surface area contributed by atoms with Crippen LogP contribution >= 0.6 is 0 Å². The number of aliphatic hydroxyl groups excluding tert-OH is 1. The van der Waals surface area contributed by atoms with Gasteiger partial charge in [-0.25, -0.2) is 19.8 Å². The second-order valence-corrected chi connectivity index (χ2v) is 9.09. The first-order valence-electron chi connectivity index (χ1n) is 10.9. The highest BCUT2D eigenvalue weighted by atomic mass is 19.1. The Bertz CT molecular complexity index is 882. The molecule has 2 aromatic heterocycles. The van der Waals surface area contributed by atoms with Gasteiger partial charge in [-0.15, -0.1) is 0 Å². The lowest BCUT2D eigenvalue weighted by Gasteiger charge is -2.36. The number of nitrogens with one attached hydrogen (secondary N) is 2. The van der Waals surface area contributed by atoms with Gasteiger partial charge in [0.2, 0.25) is 0 Å². The van der Waals surface area contributed by atoms with E-state index in [9.17, 15) is 9.50 Å². The topological polar surface area (TPSA) is 91.1 Å². The van der Waals surface area contributed by atoms with Crippen molar-refractivity contribution in [1.82, 2.24) is 30.6 Å². The number of aryl methyl sites for hydroxylation is 1. The van der Waals surface area contributed by atoms with Crippen molar-refractivity contribution < 1.29 is 9.50 Å². The van der Waals surface area contributed by atoms with Crippen LogP contribution in [0.2, 0.25) is 0 Å². The van der Waals surface area contributed by atoms with Crippen LogP contribution in [0.15, 0.2) is 24.8 Å². The van der Waals surface area contributed by atoms with Gasteiger partial charge in [0.1, 0.15) is 17.8 Å². The molecule has 4 unspecified atom stereocenters. The molecule has 1 saturated carbocycles. The van der Waals surface area contributed by atoms with E-state index in [2.05, 4.69) is 37.0 Å². The van der Waals surface area contributed by atoms with Gasteiger partial charge in [-0.05, 0) is 36.7 Å². The van der Waals surface area contributed by atoms with Crippen molar-refractivity contribution in [2.45, 2.75) is 55.8 Å². The van der Waals surface area contributed by atoms with Gasteiger partial charge in [0.05, 0.1) is 24.5 Å². The van der Waals surface area contributed by atoms with E-state index in [-0.39, 0.29) is 6.04 Å². The van der Waals surface area contributed by atoms with E-state index in [0.717, 1.165) is 30.8 Å². The van der Waals surface area contributed by atoms with E-state index in [1.54, 1.807) is 6.33 Å². The summed E-state index contributed by atoms with van der Waals surface area (Å²) in [7, 11) is 1.97. The average molecular weight is 416 g/mol. The van der Waals surface area contributed by atoms with Crippen LogP contribution < -0.4 is 15.8 Å². The predicted molar refractivity (Wildman–Crippen MR) is 110 cm³/mol. The summed E-state index contributed by atoms with van der Waals surface area (Å²) in [5, 5.41) is 13.6. The van der Waals surface area contributed by atoms with Crippen LogP contribution in [0.4, 0.5) is 10.2 Å². The maximum absolute atomic E-state index is 14.3. The molecule has 0 spiro atoms. The molecule has 162 valence electrons. The molecular formula is C21H30FN7O. The fourth-order valence-corrected chi connectivity index (χ4v) is 5.30. The predicted octanol–water partition coefficient (Wildman–Crippen LogP) is 1.61. The van der Waals surface area contributed by atoms with E-state index in [4.69, 9.17) is 0 Å². The number of aliphatic hydroxyl groups is 1. The van der Waals surface area contributed by atoms with Crippen LogP contribution in [0.5, 0.6) is 0 Å². The Morgan fingerprint density at radius 1 is 1.23 bits per heavy atom. The number of hydrazine groups is 1. The van der Waals surface area contributed by atoms with Crippen molar-refractivity contribution in [3.8, 4) is 0 Å². The summed E-state index contributed by atoms with van der Waals surface area (Å²) >= 11 is 0. The highest BCUT2D eigenvalue weighted by Crippen LogP contribution is 2.44. The van der Waals surface area contributed by atoms with Gasteiger partial charge >= 0.3 is 0 Å². The number of fused-ring (bicyclic) bond motifs is 1. The zero-order chi connectivity index (χ0) is 20.7. The molecular weight excluding hydrogens is 385 g/mol. The number of anilines is 1. The smallest absolute Gasteiger partial charge is 0.137 e. The molecule has 0 amide bonds. The number of nitrogens with zero attached hydrogens (tertiary/aromatic N) is 5. The third-order valence-corrected chi connectivity index (χ3v) is 7.21. The van der Waals surface area contributed by atoms with Gasteiger partial charge < -0.3 is 10.0 Å². The molecule has 30 heavy (non-hydrogen) atoms. The maximum atomic E-state index is 14.3. The average Bonchev–Trinajstić information content (AvgIpc) is 3.40. The van der Waals surface area contributed by atoms with Crippen LogP contribution in [0.1, 0.15) is 55.3 Å². The van der Waals surface area contributed by atoms with Gasteiger partial charge in [-0.3, -0.25) is 10.1 Å². The third kappa shape index (κ3) is 3.70. The molecule has 3 aliphatic rings. The van der Waals surface area contributed by atoms with E-state index < -0.39 is 12.3 Å². The maximum Gasteiger partial charge on any atom is 0.137 e. The van der Waals surface area contributed by atoms with Gasteiger partial charge in [0, 0.05) is 51.3 Å². The summed E-state index contributed by atoms with van der Waals surface area (Å²) in [6, 6.07) is 2.60. The minimum Gasteiger partial charge on any atom is -0.393 e. The first kappa shape index (κ1) is 19.8. The van der Waals surface area contributed by atoms with E-state index in [1.165, 1.54) is 5.56 Å². The van der Waals surface area contributed by atoms with Crippen molar-refractivity contribution in [3.63, 3.8) is 0 Å². The number of halogens is 1. The Morgan fingerprint density at radius 3 is 2.80 bits per heavy atom. The number of hydrogen-bond donors (Lipinski definition) is 3. The Balaban J connectivity index is 1.31. The van der Waals surface area contributed by atoms with Crippen LogP contribution in [0.3, 0.4) is 0 Å². The van der Waals surface area contributed by atoms with E-state index in [0.29, 0.717) is 43.8 Å². The zero-order valence-corrected chi connectivity index (χ0v) is 17.3. The molecule has 4 atom stereocenters. The van der Waals surface area contributed by atoms with Gasteiger partial charge in [0.25, 0.3) is 0 Å². The van der Waals surface area contributed by atoms with Crippen molar-refractivity contribution in [1.29, 1.82) is 0 Å². The highest BCUT2D eigenvalue weighted by Gasteiger charge is 2.42. The Kier molecular flexibility index (Phi) is 5.20. The SMILES string of the molecule is Cn1cc(C2CCC3NNC(c4cc(N5CCC(F)(CO)CC5)ncn4)C3C2)cn1. The zero-order valence-electron chi connectivity index (χ0n) is 17.3. The fourth-order valence-electron chi connectivity index (χ4n) is 5.30. The van der Waals surface area contributed by atoms with Crippen molar-refractivity contribution in [2.24, 2.45) is 13.0 Å². The summed E-state index contributed by atoms with van der Waals surface area (Å²) < 4.78 is 16.2. The molecule has 3 N–H and O–H groups in total. The van der Waals surface area contributed by atoms with E-state index >= 15 is 0 Å². The number of alkyl halides is 1. The van der Waals surface area contributed by atoms with Crippen LogP contribution in [0, 0.1) is 5.92 Å². The van der Waals surface area contributed by atoms with Crippen molar-refractivity contribution in [2.75, 3.05) is 24.6 Å². The largest absolute Gasteiger partial charge is 0.393 e. The Morgan fingerprint density at radius 2 is 2.07 bits per heavy atom. The summed E-state index contributed by atoms with van der Waals surface area (Å²) in [6.07, 6.45) is 9.76. The molecule has 4 heterocycles. The normalized spacial score (nSPS) is 31.0. The Labute approximate surface area is 175 Å². The number of piperidine rings is 1. The Hall–Kier alpha value is -2.10. The van der Waals surface area contributed by atoms with Crippen LogP contribution in [-0.4, -0.2) is 56.3 Å². The standard InChI is InChI=1S/C21H30FN7O/c1-28-11-15(10-25-28)14-2-3-17-16(8-14)20(27-26-17)18-9-19(24-13-23-18)29-6-4-21(22,12-30)5-7-29/h9-11,13-14,16-17,20,26-27,30H,2-8,12H2,1H3. The second-order valence-electron chi connectivity index (χ2n) is 9.09. The second kappa shape index (κ2) is 7.86. The summed E-state index contributed by atoms with van der Waals surface area (Å²) in [6.45, 7) is 0.701. The molecule has 9 heteroatoms. The van der Waals surface area contributed by atoms with Crippen molar-refractivity contribution in [3.05, 3.63) is 36.0 Å². The summed E-state index contributed by atoms with van der Waals surface area (Å²) in [5.41, 5.74) is 7.79. The minimum absolute atomic E-state index is 0.124. The lowest BCUT2D eigenvalue weighted by molar-refractivity contribution is 0.0480. The van der Waals surface area contributed by atoms with Gasteiger partial charge in [0.15, 0.2) is 0 Å². The minimum atomic E-state index is -1.46. The number of hydrogen-bond acceptors (Lipinski definition) is 7. The summed E-state index contributed by atoms with van der Waals surface area (Å²) in [4.78, 5) is 11.1. The molecule has 8 nitrogen and oxygen atoms in total. The first-order valence-corrected chi connectivity index (χ1v) is 10.9. The molecule has 1 aliphatic carbocycles. The molecule has 3 fully saturated rings. The lowest BCUT2D eigenvalue weighted by atomic mass is 9.73. The molecule has 0 bridgehead atoms. The molecule has 2 aliphatic heterocycles. The van der Waals surface area contributed by atoms with Crippen molar-refractivity contribution >= 4 is 5.82 Å². The van der Waals surface area contributed by atoms with E-state index in [1.807, 2.05) is 24.0 Å². The number of aromatic nitrogens is 4. The van der Waals surface area contributed by atoms with Crippen LogP contribution in [-0.2, 0) is 7.05 Å². The molecule has 5 rings (SSSR count). The quantitative estimate of drug-likeness (QED) is 0.699. The van der Waals surface area contributed by atoms with Crippen LogP contribution in [0.25, 0.3) is 0 Å². The fraction of sp³-hybridized carbons (Fsp3) is 0.667. The molecule has 2 saturated heterocycles. The third-order valence-electron chi connectivity index (χ3n) is 7.21. The molecule has 0 radical (unpaired) electrons. The molecule has 0 aromatic carbocycles. The van der Waals surface area contributed by atoms with Gasteiger partial charge in [-0.2, -0.15) is 5.10 Å². The first-order chi connectivity index (χ1) is 14.5. The number of rotatable bonds is 4. The monoisotopic (exact) mass is 415 g/mol. The molecule has 2 aromatic rings. The summed E-state index contributed by atoms with van der Waals surface area (Å²) in [5.74, 6) is 1.80.